The maximum atomic E-state index is 5.99. The molecule has 0 saturated heterocycles. The fraction of sp³-hybridized carbons (Fsp3) is 0. The van der Waals surface area contributed by atoms with E-state index in [1.807, 2.05) is 72.8 Å². The highest BCUT2D eigenvalue weighted by Crippen LogP contribution is 2.32. The summed E-state index contributed by atoms with van der Waals surface area (Å²) in [6.07, 6.45) is 2.02. The Morgan fingerprint density at radius 2 is 1.46 bits per heavy atom. The first-order valence-corrected chi connectivity index (χ1v) is 9.10. The van der Waals surface area contributed by atoms with E-state index in [9.17, 15) is 0 Å². The number of benzene rings is 2. The smallest absolute Gasteiger partial charge is 0.153 e. The van der Waals surface area contributed by atoms with Crippen LogP contribution in [0.1, 0.15) is 16.8 Å². The number of aromatic nitrogens is 1. The molecule has 0 aliphatic heterocycles. The van der Waals surface area contributed by atoms with Crippen molar-refractivity contribution in [1.82, 2.24) is 4.98 Å². The summed E-state index contributed by atoms with van der Waals surface area (Å²) in [5, 5.41) is 0. The molecule has 0 fully saturated rings. The molecule has 0 spiro atoms. The van der Waals surface area contributed by atoms with Crippen molar-refractivity contribution in [2.45, 2.75) is 0 Å². The van der Waals surface area contributed by atoms with Crippen molar-refractivity contribution >= 4 is 51.3 Å². The average molecular weight is 371 g/mol. The highest BCUT2D eigenvalue weighted by molar-refractivity contribution is 7.84. The van der Waals surface area contributed by atoms with Crippen molar-refractivity contribution in [1.29, 1.82) is 0 Å². The molecular weight excluding hydrogens is 358 g/mol. The fourth-order valence-electron chi connectivity index (χ4n) is 3.32. The van der Waals surface area contributed by atoms with Crippen LogP contribution in [0.25, 0.3) is 28.5 Å². The van der Waals surface area contributed by atoms with E-state index in [0.717, 1.165) is 54.5 Å². The van der Waals surface area contributed by atoms with Crippen LogP contribution in [0.5, 0.6) is 0 Å². The molecule has 1 aliphatic rings. The van der Waals surface area contributed by atoms with E-state index in [1.54, 1.807) is 0 Å². The van der Waals surface area contributed by atoms with Gasteiger partial charge in [0.1, 0.15) is 5.76 Å². The Morgan fingerprint density at radius 3 is 2.12 bits per heavy atom. The zero-order valence-electron chi connectivity index (χ0n) is 13.7. The van der Waals surface area contributed by atoms with Gasteiger partial charge in [0.05, 0.1) is 15.2 Å². The third-order valence-electron chi connectivity index (χ3n) is 4.59. The van der Waals surface area contributed by atoms with E-state index in [2.05, 4.69) is 4.98 Å². The van der Waals surface area contributed by atoms with Crippen LogP contribution in [0.15, 0.2) is 76.7 Å². The predicted octanol–water partition coefficient (Wildman–Crippen LogP) is 5.96. The zero-order valence-corrected chi connectivity index (χ0v) is 15.3. The molecule has 0 amide bonds. The van der Waals surface area contributed by atoms with E-state index in [4.69, 9.17) is 28.9 Å². The van der Waals surface area contributed by atoms with Crippen LogP contribution >= 0.6 is 24.4 Å². The Labute approximate surface area is 161 Å². The summed E-state index contributed by atoms with van der Waals surface area (Å²) >= 11 is 11.2. The van der Waals surface area contributed by atoms with Crippen molar-refractivity contribution in [3.8, 4) is 11.3 Å². The minimum atomic E-state index is 0.807. The third kappa shape index (κ3) is 2.38. The number of fused-ring (bicyclic) bond motifs is 2. The lowest BCUT2D eigenvalue weighted by molar-refractivity contribution is 0.632. The SMILES string of the molecule is S=C1C(=Cc2cc3oc(-c4ccccc4)cc3[nH]2)C(=S)c2ccccc21. The molecule has 124 valence electrons. The summed E-state index contributed by atoms with van der Waals surface area (Å²) in [5.41, 5.74) is 6.78. The molecule has 0 saturated carbocycles. The van der Waals surface area contributed by atoms with Crippen molar-refractivity contribution < 1.29 is 4.42 Å². The summed E-state index contributed by atoms with van der Waals surface area (Å²) in [7, 11) is 0. The Kier molecular flexibility index (Phi) is 3.48. The van der Waals surface area contributed by atoms with Crippen LogP contribution in [-0.4, -0.2) is 14.7 Å². The highest BCUT2D eigenvalue weighted by Gasteiger charge is 2.26. The maximum Gasteiger partial charge on any atom is 0.153 e. The van der Waals surface area contributed by atoms with Gasteiger partial charge in [-0.15, -0.1) is 0 Å². The van der Waals surface area contributed by atoms with Gasteiger partial charge in [-0.2, -0.15) is 0 Å². The van der Waals surface area contributed by atoms with Crippen LogP contribution in [0.4, 0.5) is 0 Å². The molecule has 26 heavy (non-hydrogen) atoms. The Balaban J connectivity index is 1.53. The van der Waals surface area contributed by atoms with Crippen LogP contribution in [-0.2, 0) is 0 Å². The first kappa shape index (κ1) is 15.4. The van der Waals surface area contributed by atoms with Crippen LogP contribution in [0.2, 0.25) is 0 Å². The molecule has 1 N–H and O–H groups in total. The standard InChI is InChI=1S/C22H13NOS2/c25-21-15-8-4-5-9-16(15)22(26)17(21)10-14-11-20-18(23-14)12-19(24-20)13-6-2-1-3-7-13/h1-12,23H. The van der Waals surface area contributed by atoms with Crippen molar-refractivity contribution in [3.05, 3.63) is 89.1 Å². The van der Waals surface area contributed by atoms with E-state index in [1.165, 1.54) is 0 Å². The first-order valence-electron chi connectivity index (χ1n) is 8.29. The molecular formula is C22H13NOS2. The number of furan rings is 1. The minimum Gasteiger partial charge on any atom is -0.454 e. The zero-order chi connectivity index (χ0) is 17.7. The number of hydrogen-bond acceptors (Lipinski definition) is 3. The number of nitrogens with one attached hydrogen (secondary N) is 1. The normalized spacial score (nSPS) is 13.5. The number of thiocarbonyl (C=S) groups is 2. The molecule has 2 aromatic heterocycles. The number of rotatable bonds is 2. The van der Waals surface area contributed by atoms with Crippen molar-refractivity contribution in [3.63, 3.8) is 0 Å². The summed E-state index contributed by atoms with van der Waals surface area (Å²) in [6, 6.07) is 22.1. The first-order chi connectivity index (χ1) is 12.7. The summed E-state index contributed by atoms with van der Waals surface area (Å²) in [6.45, 7) is 0. The van der Waals surface area contributed by atoms with Gasteiger partial charge in [0, 0.05) is 40.1 Å². The van der Waals surface area contributed by atoms with Gasteiger partial charge < -0.3 is 9.40 Å². The maximum absolute atomic E-state index is 5.99. The lowest BCUT2D eigenvalue weighted by atomic mass is 10.1. The molecule has 2 nitrogen and oxygen atoms in total. The van der Waals surface area contributed by atoms with Crippen LogP contribution < -0.4 is 0 Å². The highest BCUT2D eigenvalue weighted by atomic mass is 32.1. The number of hydrogen-bond donors (Lipinski definition) is 1. The summed E-state index contributed by atoms with van der Waals surface area (Å²) in [4.78, 5) is 5.01. The van der Waals surface area contributed by atoms with Gasteiger partial charge in [0.2, 0.25) is 0 Å². The summed E-state index contributed by atoms with van der Waals surface area (Å²) < 4.78 is 5.99. The van der Waals surface area contributed by atoms with Gasteiger partial charge in [-0.25, -0.2) is 0 Å². The number of aromatic amines is 1. The summed E-state index contributed by atoms with van der Waals surface area (Å²) in [5.74, 6) is 0.852. The second kappa shape index (κ2) is 5.87. The quantitative estimate of drug-likeness (QED) is 0.348. The Bertz CT molecular complexity index is 1140. The Hall–Kier alpha value is -2.82. The molecule has 5 rings (SSSR count). The molecule has 2 aromatic carbocycles. The van der Waals surface area contributed by atoms with Gasteiger partial charge in [0.15, 0.2) is 5.58 Å². The van der Waals surface area contributed by atoms with E-state index in [0.29, 0.717) is 0 Å². The second-order valence-electron chi connectivity index (χ2n) is 6.24. The van der Waals surface area contributed by atoms with Crippen molar-refractivity contribution in [2.24, 2.45) is 0 Å². The molecule has 0 atom stereocenters. The number of allylic oxidation sites excluding steroid dienone is 1. The van der Waals surface area contributed by atoms with Gasteiger partial charge in [0.25, 0.3) is 0 Å². The molecule has 0 radical (unpaired) electrons. The van der Waals surface area contributed by atoms with Crippen molar-refractivity contribution in [2.75, 3.05) is 0 Å². The van der Waals surface area contributed by atoms with E-state index < -0.39 is 0 Å². The largest absolute Gasteiger partial charge is 0.454 e. The van der Waals surface area contributed by atoms with E-state index >= 15 is 0 Å². The minimum absolute atomic E-state index is 0.807. The predicted molar refractivity (Wildman–Crippen MR) is 114 cm³/mol. The lowest BCUT2D eigenvalue weighted by Gasteiger charge is -1.97. The lowest BCUT2D eigenvalue weighted by Crippen LogP contribution is -1.97. The fourth-order valence-corrected chi connectivity index (χ4v) is 4.07. The van der Waals surface area contributed by atoms with Gasteiger partial charge in [-0.05, 0) is 6.08 Å². The topological polar surface area (TPSA) is 28.9 Å². The van der Waals surface area contributed by atoms with Gasteiger partial charge >= 0.3 is 0 Å². The molecule has 4 aromatic rings. The third-order valence-corrected chi connectivity index (χ3v) is 5.47. The van der Waals surface area contributed by atoms with E-state index in [-0.39, 0.29) is 0 Å². The Morgan fingerprint density at radius 1 is 0.808 bits per heavy atom. The van der Waals surface area contributed by atoms with Crippen LogP contribution in [0, 0.1) is 0 Å². The van der Waals surface area contributed by atoms with Gasteiger partial charge in [-0.3, -0.25) is 0 Å². The molecule has 0 unspecified atom stereocenters. The van der Waals surface area contributed by atoms with Gasteiger partial charge in [-0.1, -0.05) is 79.0 Å². The average Bonchev–Trinajstić information content (AvgIpc) is 3.30. The second-order valence-corrected chi connectivity index (χ2v) is 7.06. The monoisotopic (exact) mass is 371 g/mol. The van der Waals surface area contributed by atoms with Crippen LogP contribution in [0.3, 0.4) is 0 Å². The molecule has 0 bridgehead atoms. The molecule has 2 heterocycles. The molecule has 4 heteroatoms. The number of H-pyrrole nitrogens is 1. The molecule has 1 aliphatic carbocycles.